The summed E-state index contributed by atoms with van der Waals surface area (Å²) in [4.78, 5) is 24.3. The van der Waals surface area contributed by atoms with E-state index in [1.165, 1.54) is 0 Å². The molecule has 9 heteroatoms. The van der Waals surface area contributed by atoms with Gasteiger partial charge in [0, 0.05) is 22.1 Å². The summed E-state index contributed by atoms with van der Waals surface area (Å²) in [7, 11) is 0. The minimum Gasteiger partial charge on any atom is -0.484 e. The lowest BCUT2D eigenvalue weighted by molar-refractivity contribution is -0.125. The van der Waals surface area contributed by atoms with Crippen molar-refractivity contribution in [3.05, 3.63) is 57.5 Å². The maximum Gasteiger partial charge on any atom is 0.258 e. The number of benzene rings is 2. The first-order valence-corrected chi connectivity index (χ1v) is 11.1. The number of hydrogen-bond donors (Lipinski definition) is 2. The SMILES string of the molecule is O=C(COc1ccc(Cl)cc1)N[C@H]1CC[C@@H](NC(=O)COc2ccc(Cl)cc2Cl)CC1. The minimum absolute atomic E-state index is 0.0512. The van der Waals surface area contributed by atoms with Crippen LogP contribution in [0.1, 0.15) is 25.7 Å². The van der Waals surface area contributed by atoms with Gasteiger partial charge in [-0.2, -0.15) is 0 Å². The quantitative estimate of drug-likeness (QED) is 0.571. The molecular weight excluding hydrogens is 463 g/mol. The van der Waals surface area contributed by atoms with Crippen LogP contribution in [0.4, 0.5) is 0 Å². The Hall–Kier alpha value is -2.15. The average molecular weight is 486 g/mol. The van der Waals surface area contributed by atoms with E-state index < -0.39 is 0 Å². The molecule has 0 spiro atoms. The van der Waals surface area contributed by atoms with E-state index in [1.807, 2.05) is 0 Å². The summed E-state index contributed by atoms with van der Waals surface area (Å²) in [6.07, 6.45) is 3.11. The largest absolute Gasteiger partial charge is 0.484 e. The van der Waals surface area contributed by atoms with Crippen LogP contribution < -0.4 is 20.1 Å². The highest BCUT2D eigenvalue weighted by Gasteiger charge is 2.24. The van der Waals surface area contributed by atoms with Crippen molar-refractivity contribution in [2.45, 2.75) is 37.8 Å². The fraction of sp³-hybridized carbons (Fsp3) is 0.364. The molecule has 0 atom stereocenters. The third-order valence-electron chi connectivity index (χ3n) is 4.89. The van der Waals surface area contributed by atoms with Gasteiger partial charge in [0.1, 0.15) is 11.5 Å². The van der Waals surface area contributed by atoms with E-state index in [9.17, 15) is 9.59 Å². The second-order valence-electron chi connectivity index (χ2n) is 7.29. The van der Waals surface area contributed by atoms with E-state index in [0.29, 0.717) is 26.6 Å². The van der Waals surface area contributed by atoms with E-state index in [4.69, 9.17) is 44.3 Å². The van der Waals surface area contributed by atoms with E-state index in [0.717, 1.165) is 25.7 Å². The van der Waals surface area contributed by atoms with Gasteiger partial charge in [-0.15, -0.1) is 0 Å². The van der Waals surface area contributed by atoms with Gasteiger partial charge in [-0.05, 0) is 68.1 Å². The molecule has 2 N–H and O–H groups in total. The van der Waals surface area contributed by atoms with Gasteiger partial charge in [-0.3, -0.25) is 9.59 Å². The number of rotatable bonds is 8. The van der Waals surface area contributed by atoms with Crippen LogP contribution in [0.5, 0.6) is 11.5 Å². The number of halogens is 3. The van der Waals surface area contributed by atoms with E-state index in [2.05, 4.69) is 10.6 Å². The van der Waals surface area contributed by atoms with Gasteiger partial charge in [-0.25, -0.2) is 0 Å². The molecule has 1 aliphatic carbocycles. The highest BCUT2D eigenvalue weighted by Crippen LogP contribution is 2.27. The van der Waals surface area contributed by atoms with Gasteiger partial charge >= 0.3 is 0 Å². The summed E-state index contributed by atoms with van der Waals surface area (Å²) in [5.74, 6) is 0.618. The molecular formula is C22H23Cl3N2O4. The number of hydrogen-bond acceptors (Lipinski definition) is 4. The molecule has 0 heterocycles. The smallest absolute Gasteiger partial charge is 0.258 e. The zero-order valence-corrected chi connectivity index (χ0v) is 19.0. The van der Waals surface area contributed by atoms with Crippen molar-refractivity contribution in [1.82, 2.24) is 10.6 Å². The van der Waals surface area contributed by atoms with Crippen molar-refractivity contribution < 1.29 is 19.1 Å². The molecule has 1 aliphatic rings. The Kier molecular flexibility index (Phi) is 8.69. The van der Waals surface area contributed by atoms with Crippen LogP contribution in [-0.4, -0.2) is 37.1 Å². The third-order valence-corrected chi connectivity index (χ3v) is 5.68. The lowest BCUT2D eigenvalue weighted by Gasteiger charge is -2.29. The number of nitrogens with one attached hydrogen (secondary N) is 2. The number of amides is 2. The van der Waals surface area contributed by atoms with Crippen molar-refractivity contribution in [3.63, 3.8) is 0 Å². The lowest BCUT2D eigenvalue weighted by Crippen LogP contribution is -2.45. The van der Waals surface area contributed by atoms with E-state index >= 15 is 0 Å². The van der Waals surface area contributed by atoms with E-state index in [-0.39, 0.29) is 37.1 Å². The molecule has 0 bridgehead atoms. The molecule has 1 fully saturated rings. The van der Waals surface area contributed by atoms with Gasteiger partial charge in [0.05, 0.1) is 5.02 Å². The number of carbonyl (C=O) groups is 2. The molecule has 0 saturated heterocycles. The van der Waals surface area contributed by atoms with Crippen molar-refractivity contribution >= 4 is 46.6 Å². The lowest BCUT2D eigenvalue weighted by atomic mass is 9.91. The first-order valence-electron chi connectivity index (χ1n) is 9.94. The van der Waals surface area contributed by atoms with Gasteiger partial charge < -0.3 is 20.1 Å². The zero-order valence-electron chi connectivity index (χ0n) is 16.7. The monoisotopic (exact) mass is 484 g/mol. The standard InChI is InChI=1S/C22H23Cl3N2O4/c23-14-1-8-18(9-2-14)30-12-21(28)26-16-4-6-17(7-5-16)27-22(29)13-31-20-10-3-15(24)11-19(20)25/h1-3,8-11,16-17H,4-7,12-13H2,(H,26,28)(H,27,29)/t16-,17+. The van der Waals surface area contributed by atoms with Gasteiger partial charge in [0.15, 0.2) is 13.2 Å². The van der Waals surface area contributed by atoms with Crippen molar-refractivity contribution in [1.29, 1.82) is 0 Å². The average Bonchev–Trinajstić information content (AvgIpc) is 2.74. The maximum atomic E-state index is 12.2. The summed E-state index contributed by atoms with van der Waals surface area (Å²) in [6, 6.07) is 11.8. The van der Waals surface area contributed by atoms with E-state index in [1.54, 1.807) is 42.5 Å². The topological polar surface area (TPSA) is 76.7 Å². The fourth-order valence-electron chi connectivity index (χ4n) is 3.34. The van der Waals surface area contributed by atoms with Crippen LogP contribution >= 0.6 is 34.8 Å². The molecule has 0 aromatic heterocycles. The highest BCUT2D eigenvalue weighted by atomic mass is 35.5. The fourth-order valence-corrected chi connectivity index (χ4v) is 3.93. The van der Waals surface area contributed by atoms with Gasteiger partial charge in [0.2, 0.25) is 0 Å². The summed E-state index contributed by atoms with van der Waals surface area (Å²) >= 11 is 17.7. The van der Waals surface area contributed by atoms with Crippen LogP contribution in [0.25, 0.3) is 0 Å². The third kappa shape index (κ3) is 7.80. The van der Waals surface area contributed by atoms with Crippen LogP contribution in [0.2, 0.25) is 15.1 Å². The molecule has 3 rings (SSSR count). The highest BCUT2D eigenvalue weighted by molar-refractivity contribution is 6.35. The molecule has 6 nitrogen and oxygen atoms in total. The second-order valence-corrected chi connectivity index (χ2v) is 8.57. The molecule has 1 saturated carbocycles. The predicted octanol–water partition coefficient (Wildman–Crippen LogP) is 4.65. The Bertz CT molecular complexity index is 900. The van der Waals surface area contributed by atoms with Gasteiger partial charge in [0.25, 0.3) is 11.8 Å². The number of carbonyl (C=O) groups excluding carboxylic acids is 2. The summed E-state index contributed by atoms with van der Waals surface area (Å²) in [6.45, 7) is -0.178. The molecule has 0 aliphatic heterocycles. The molecule has 0 radical (unpaired) electrons. The van der Waals surface area contributed by atoms with Crippen LogP contribution in [-0.2, 0) is 9.59 Å². The van der Waals surface area contributed by atoms with Crippen LogP contribution in [0.3, 0.4) is 0 Å². The Morgan fingerprint density at radius 1 is 0.774 bits per heavy atom. The Morgan fingerprint density at radius 2 is 1.29 bits per heavy atom. The molecule has 2 aromatic rings. The number of ether oxygens (including phenoxy) is 2. The predicted molar refractivity (Wildman–Crippen MR) is 121 cm³/mol. The Balaban J connectivity index is 1.32. The molecule has 166 valence electrons. The normalized spacial score (nSPS) is 18.2. The molecule has 31 heavy (non-hydrogen) atoms. The summed E-state index contributed by atoms with van der Waals surface area (Å²) in [5, 5.41) is 7.41. The molecule has 2 aromatic carbocycles. The minimum atomic E-state index is -0.213. The first-order chi connectivity index (χ1) is 14.9. The molecule has 2 amide bonds. The van der Waals surface area contributed by atoms with Crippen LogP contribution in [0.15, 0.2) is 42.5 Å². The van der Waals surface area contributed by atoms with Crippen LogP contribution in [0, 0.1) is 0 Å². The second kappa shape index (κ2) is 11.5. The Labute approximate surface area is 196 Å². The maximum absolute atomic E-state index is 12.2. The van der Waals surface area contributed by atoms with Gasteiger partial charge in [-0.1, -0.05) is 34.8 Å². The summed E-state index contributed by atoms with van der Waals surface area (Å²) < 4.78 is 10.9. The van der Waals surface area contributed by atoms with Crippen molar-refractivity contribution in [3.8, 4) is 11.5 Å². The molecule has 0 unspecified atom stereocenters. The Morgan fingerprint density at radius 3 is 1.84 bits per heavy atom. The van der Waals surface area contributed by atoms with Crippen molar-refractivity contribution in [2.24, 2.45) is 0 Å². The van der Waals surface area contributed by atoms with Crippen molar-refractivity contribution in [2.75, 3.05) is 13.2 Å². The summed E-state index contributed by atoms with van der Waals surface area (Å²) in [5.41, 5.74) is 0. The zero-order chi connectivity index (χ0) is 22.2. The first kappa shape index (κ1) is 23.5.